The van der Waals surface area contributed by atoms with Gasteiger partial charge in [0.05, 0.1) is 6.61 Å². The number of hydrogen-bond acceptors (Lipinski definition) is 2. The molecule has 0 unspecified atom stereocenters. The topological polar surface area (TPSA) is 29.5 Å². The summed E-state index contributed by atoms with van der Waals surface area (Å²) in [4.78, 5) is 13.3. The summed E-state index contributed by atoms with van der Waals surface area (Å²) in [6.45, 7) is 1.38. The monoisotopic (exact) mass is 347 g/mol. The quantitative estimate of drug-likeness (QED) is 0.739. The number of halogens is 3. The summed E-state index contributed by atoms with van der Waals surface area (Å²) in [6, 6.07) is 2.15. The van der Waals surface area contributed by atoms with Crippen molar-refractivity contribution in [2.75, 3.05) is 26.8 Å². The number of likely N-dealkylation sites (N-methyl/N-ethyl adjacent to an activating group) is 1. The summed E-state index contributed by atoms with van der Waals surface area (Å²) < 4.78 is 33.0. The van der Waals surface area contributed by atoms with Crippen molar-refractivity contribution < 1.29 is 18.3 Å². The van der Waals surface area contributed by atoms with Crippen molar-refractivity contribution in [1.29, 1.82) is 0 Å². The smallest absolute Gasteiger partial charge is 0.259 e. The summed E-state index contributed by atoms with van der Waals surface area (Å²) in [5.41, 5.74) is -0.530. The van der Waals surface area contributed by atoms with Crippen LogP contribution < -0.4 is 0 Å². The van der Waals surface area contributed by atoms with Crippen LogP contribution in [0.3, 0.4) is 0 Å². The fourth-order valence-corrected chi connectivity index (χ4v) is 2.18. The van der Waals surface area contributed by atoms with E-state index in [2.05, 4.69) is 15.9 Å². The molecule has 0 heterocycles. The van der Waals surface area contributed by atoms with E-state index < -0.39 is 23.1 Å². The van der Waals surface area contributed by atoms with E-state index in [1.54, 1.807) is 0 Å². The molecule has 6 heteroatoms. The van der Waals surface area contributed by atoms with E-state index in [9.17, 15) is 13.6 Å². The Hall–Kier alpha value is -1.01. The molecule has 2 rings (SSSR count). The highest BCUT2D eigenvalue weighted by atomic mass is 79.9. The minimum Gasteiger partial charge on any atom is -0.379 e. The van der Waals surface area contributed by atoms with Gasteiger partial charge in [-0.2, -0.15) is 0 Å². The first kappa shape index (κ1) is 15.4. The molecule has 1 aliphatic carbocycles. The molecular formula is C14H16BrF2NO2. The van der Waals surface area contributed by atoms with Gasteiger partial charge in [0.25, 0.3) is 5.91 Å². The molecule has 3 nitrogen and oxygen atoms in total. The van der Waals surface area contributed by atoms with Crippen LogP contribution in [-0.2, 0) is 4.74 Å². The lowest BCUT2D eigenvalue weighted by Crippen LogP contribution is -2.31. The molecule has 1 saturated carbocycles. The molecule has 1 fully saturated rings. The third kappa shape index (κ3) is 3.99. The van der Waals surface area contributed by atoms with Gasteiger partial charge in [-0.15, -0.1) is 0 Å². The van der Waals surface area contributed by atoms with Crippen LogP contribution in [0, 0.1) is 17.6 Å². The number of ether oxygens (including phenoxy) is 1. The predicted molar refractivity (Wildman–Crippen MR) is 74.6 cm³/mol. The maximum Gasteiger partial charge on any atom is 0.259 e. The lowest BCUT2D eigenvalue weighted by atomic mass is 10.1. The largest absolute Gasteiger partial charge is 0.379 e. The Balaban J connectivity index is 1.91. The van der Waals surface area contributed by atoms with E-state index in [-0.39, 0.29) is 4.47 Å². The van der Waals surface area contributed by atoms with Crippen molar-refractivity contribution in [3.63, 3.8) is 0 Å². The predicted octanol–water partition coefficient (Wildman–Crippen LogP) is 3.23. The van der Waals surface area contributed by atoms with Gasteiger partial charge in [-0.25, -0.2) is 8.78 Å². The molecular weight excluding hydrogens is 332 g/mol. The van der Waals surface area contributed by atoms with Crippen molar-refractivity contribution in [2.45, 2.75) is 12.8 Å². The van der Waals surface area contributed by atoms with Crippen LogP contribution in [0.25, 0.3) is 0 Å². The average molecular weight is 348 g/mol. The summed E-state index contributed by atoms with van der Waals surface area (Å²) in [6.07, 6.45) is 2.40. The van der Waals surface area contributed by atoms with Crippen LogP contribution in [0.4, 0.5) is 8.78 Å². The van der Waals surface area contributed by atoms with Gasteiger partial charge in [0.1, 0.15) is 17.2 Å². The highest BCUT2D eigenvalue weighted by Gasteiger charge is 2.23. The molecule has 0 atom stereocenters. The third-order valence-electron chi connectivity index (χ3n) is 3.19. The first-order chi connectivity index (χ1) is 9.49. The van der Waals surface area contributed by atoms with Crippen molar-refractivity contribution >= 4 is 21.8 Å². The second-order valence-electron chi connectivity index (χ2n) is 4.99. The fourth-order valence-electron chi connectivity index (χ4n) is 1.77. The van der Waals surface area contributed by atoms with Crippen LogP contribution in [0.15, 0.2) is 16.6 Å². The zero-order valence-electron chi connectivity index (χ0n) is 11.2. The molecule has 0 saturated heterocycles. The molecule has 0 N–H and O–H groups in total. The van der Waals surface area contributed by atoms with Gasteiger partial charge >= 0.3 is 0 Å². The first-order valence-electron chi connectivity index (χ1n) is 6.46. The molecule has 0 radical (unpaired) electrons. The Labute approximate surface area is 125 Å². The van der Waals surface area contributed by atoms with Gasteiger partial charge in [0, 0.05) is 24.7 Å². The Morgan fingerprint density at radius 3 is 2.55 bits per heavy atom. The standard InChI is InChI=1S/C14H16BrF2NO2/c1-18(4-5-20-8-9-2-3-9)14(19)13-11(16)6-10(15)7-12(13)17/h6-7,9H,2-5,8H2,1H3. The van der Waals surface area contributed by atoms with E-state index in [1.165, 1.54) is 24.8 Å². The van der Waals surface area contributed by atoms with Crippen molar-refractivity contribution in [1.82, 2.24) is 4.90 Å². The Morgan fingerprint density at radius 1 is 1.40 bits per heavy atom. The van der Waals surface area contributed by atoms with Crippen LogP contribution in [0.5, 0.6) is 0 Å². The van der Waals surface area contributed by atoms with Gasteiger partial charge < -0.3 is 9.64 Å². The summed E-state index contributed by atoms with van der Waals surface area (Å²) in [5, 5.41) is 0. The molecule has 1 amide bonds. The lowest BCUT2D eigenvalue weighted by molar-refractivity contribution is 0.0672. The molecule has 0 aromatic heterocycles. The molecule has 0 bridgehead atoms. The second-order valence-corrected chi connectivity index (χ2v) is 5.91. The number of amides is 1. The van der Waals surface area contributed by atoms with Crippen LogP contribution >= 0.6 is 15.9 Å². The molecule has 20 heavy (non-hydrogen) atoms. The Bertz CT molecular complexity index is 483. The zero-order chi connectivity index (χ0) is 14.7. The van der Waals surface area contributed by atoms with Crippen LogP contribution in [0.1, 0.15) is 23.2 Å². The average Bonchev–Trinajstić information content (AvgIpc) is 3.16. The first-order valence-corrected chi connectivity index (χ1v) is 7.26. The van der Waals surface area contributed by atoms with Gasteiger partial charge in [0.15, 0.2) is 0 Å². The van der Waals surface area contributed by atoms with Crippen molar-refractivity contribution in [2.24, 2.45) is 5.92 Å². The highest BCUT2D eigenvalue weighted by Crippen LogP contribution is 2.28. The van der Waals surface area contributed by atoms with Gasteiger partial charge in [-0.3, -0.25) is 4.79 Å². The van der Waals surface area contributed by atoms with Crippen molar-refractivity contribution in [3.8, 4) is 0 Å². The number of benzene rings is 1. The number of nitrogens with zero attached hydrogens (tertiary/aromatic N) is 1. The second kappa shape index (κ2) is 6.63. The molecule has 1 aromatic carbocycles. The SMILES string of the molecule is CN(CCOCC1CC1)C(=O)c1c(F)cc(Br)cc1F. The Morgan fingerprint density at radius 2 is 2.00 bits per heavy atom. The number of hydrogen-bond donors (Lipinski definition) is 0. The molecule has 1 aromatic rings. The van der Waals surface area contributed by atoms with Gasteiger partial charge in [-0.1, -0.05) is 15.9 Å². The summed E-state index contributed by atoms with van der Waals surface area (Å²) >= 11 is 2.98. The number of carbonyl (C=O) groups excluding carboxylic acids is 1. The normalized spacial score (nSPS) is 14.4. The molecule has 0 aliphatic heterocycles. The zero-order valence-corrected chi connectivity index (χ0v) is 12.8. The number of carbonyl (C=O) groups is 1. The molecule has 0 spiro atoms. The van der Waals surface area contributed by atoms with E-state index >= 15 is 0 Å². The van der Waals surface area contributed by atoms with E-state index in [0.29, 0.717) is 25.7 Å². The lowest BCUT2D eigenvalue weighted by Gasteiger charge is -2.18. The van der Waals surface area contributed by atoms with Gasteiger partial charge in [-0.05, 0) is 30.9 Å². The summed E-state index contributed by atoms with van der Waals surface area (Å²) in [7, 11) is 1.50. The van der Waals surface area contributed by atoms with Gasteiger partial charge in [0.2, 0.25) is 0 Å². The van der Waals surface area contributed by atoms with E-state index in [4.69, 9.17) is 4.74 Å². The fraction of sp³-hybridized carbons (Fsp3) is 0.500. The maximum absolute atomic E-state index is 13.7. The third-order valence-corrected chi connectivity index (χ3v) is 3.65. The minimum absolute atomic E-state index is 0.263. The van der Waals surface area contributed by atoms with Crippen LogP contribution in [0.2, 0.25) is 0 Å². The number of rotatable bonds is 6. The van der Waals surface area contributed by atoms with Crippen molar-refractivity contribution in [3.05, 3.63) is 33.8 Å². The molecule has 1 aliphatic rings. The maximum atomic E-state index is 13.7. The molecule has 110 valence electrons. The minimum atomic E-state index is -0.868. The Kier molecular flexibility index (Phi) is 5.10. The summed E-state index contributed by atoms with van der Waals surface area (Å²) in [5.74, 6) is -1.76. The highest BCUT2D eigenvalue weighted by molar-refractivity contribution is 9.10. The van der Waals surface area contributed by atoms with Crippen LogP contribution in [-0.4, -0.2) is 37.6 Å². The van der Waals surface area contributed by atoms with E-state index in [1.807, 2.05) is 0 Å². The van der Waals surface area contributed by atoms with E-state index in [0.717, 1.165) is 12.1 Å².